The minimum absolute atomic E-state index is 0.208. The number of hydrogen-bond donors (Lipinski definition) is 0. The number of halogens is 2. The molecule has 43 heavy (non-hydrogen) atoms. The molecule has 0 amide bonds. The molecule has 0 aromatic carbocycles. The summed E-state index contributed by atoms with van der Waals surface area (Å²) in [5, 5.41) is 2.26. The van der Waals surface area contributed by atoms with Gasteiger partial charge in [0.15, 0.2) is 0 Å². The molecule has 0 spiro atoms. The highest BCUT2D eigenvalue weighted by Gasteiger charge is 2.09. The summed E-state index contributed by atoms with van der Waals surface area (Å²) in [6.45, 7) is 6.21. The molecule has 0 heterocycles. The van der Waals surface area contributed by atoms with E-state index in [4.69, 9.17) is 23.7 Å². The van der Waals surface area contributed by atoms with Crippen molar-refractivity contribution in [1.29, 1.82) is 0 Å². The zero-order valence-electron chi connectivity index (χ0n) is 28.1. The fourth-order valence-electron chi connectivity index (χ4n) is 4.72. The van der Waals surface area contributed by atoms with E-state index in [1.807, 2.05) is 12.5 Å². The minimum Gasteiger partial charge on any atom is -0.498 e. The highest BCUT2D eigenvalue weighted by atomic mass is 79.9. The molecule has 0 saturated heterocycles. The largest absolute Gasteiger partial charge is 0.498 e. The first-order chi connectivity index (χ1) is 21.3. The number of unbranched alkanes of at least 4 members (excludes halogenated alkanes) is 14. The van der Waals surface area contributed by atoms with Gasteiger partial charge < -0.3 is 23.7 Å². The zero-order valence-corrected chi connectivity index (χ0v) is 31.2. The summed E-state index contributed by atoms with van der Waals surface area (Å²) >= 11 is 7.00. The van der Waals surface area contributed by atoms with E-state index in [1.54, 1.807) is 0 Å². The predicted octanol–water partition coefficient (Wildman–Crippen LogP) is 12.2. The second kappa shape index (κ2) is 38.1. The first-order valence-corrected chi connectivity index (χ1v) is 20.0. The second-order valence-corrected chi connectivity index (χ2v) is 13.2. The van der Waals surface area contributed by atoms with Crippen molar-refractivity contribution in [2.24, 2.45) is 0 Å². The lowest BCUT2D eigenvalue weighted by molar-refractivity contribution is -0.136. The van der Waals surface area contributed by atoms with E-state index in [1.165, 1.54) is 103 Å². The van der Waals surface area contributed by atoms with Gasteiger partial charge in [0.2, 0.25) is 0 Å². The summed E-state index contributed by atoms with van der Waals surface area (Å²) in [5.74, 6) is 0. The van der Waals surface area contributed by atoms with Crippen LogP contribution >= 0.6 is 31.9 Å². The Kier molecular flexibility index (Phi) is 38.0. The molecule has 0 N–H and O–H groups in total. The van der Waals surface area contributed by atoms with E-state index in [2.05, 4.69) is 57.9 Å². The molecule has 256 valence electrons. The van der Waals surface area contributed by atoms with Gasteiger partial charge in [-0.3, -0.25) is 0 Å². The summed E-state index contributed by atoms with van der Waals surface area (Å²) in [5.41, 5.74) is 0. The van der Waals surface area contributed by atoms with E-state index in [0.29, 0.717) is 13.2 Å². The number of rotatable bonds is 36. The quantitative estimate of drug-likeness (QED) is 0.0277. The molecule has 0 aliphatic heterocycles. The Morgan fingerprint density at radius 1 is 0.465 bits per heavy atom. The third-order valence-electron chi connectivity index (χ3n) is 7.50. The third-order valence-corrected chi connectivity index (χ3v) is 8.63. The van der Waals surface area contributed by atoms with Crippen LogP contribution in [0.2, 0.25) is 0 Å². The van der Waals surface area contributed by atoms with Gasteiger partial charge in [0.1, 0.15) is 13.6 Å². The predicted molar refractivity (Wildman–Crippen MR) is 191 cm³/mol. The number of hydrogen-bond acceptors (Lipinski definition) is 5. The topological polar surface area (TPSA) is 46.2 Å². The third kappa shape index (κ3) is 34.6. The zero-order chi connectivity index (χ0) is 31.3. The highest BCUT2D eigenvalue weighted by Crippen LogP contribution is 2.13. The lowest BCUT2D eigenvalue weighted by atomic mass is 10.1. The SMILES string of the molecule is CCCCC(CCOCOCOCCC(CCCC)OC=CCCCCCCCCBr)OC=CCCCCCCCCBr. The Morgan fingerprint density at radius 2 is 0.860 bits per heavy atom. The van der Waals surface area contributed by atoms with Crippen molar-refractivity contribution >= 4 is 31.9 Å². The van der Waals surface area contributed by atoms with Crippen molar-refractivity contribution in [2.45, 2.75) is 167 Å². The summed E-state index contributed by atoms with van der Waals surface area (Å²) in [7, 11) is 0. The molecule has 0 aromatic heterocycles. The molecule has 0 aliphatic carbocycles. The Morgan fingerprint density at radius 3 is 1.26 bits per heavy atom. The monoisotopic (exact) mass is 738 g/mol. The maximum Gasteiger partial charge on any atom is 0.149 e. The van der Waals surface area contributed by atoms with Crippen LogP contribution in [0.5, 0.6) is 0 Å². The van der Waals surface area contributed by atoms with Crippen molar-refractivity contribution in [3.8, 4) is 0 Å². The molecule has 0 bridgehead atoms. The van der Waals surface area contributed by atoms with Crippen molar-refractivity contribution < 1.29 is 23.7 Å². The van der Waals surface area contributed by atoms with Gasteiger partial charge in [-0.15, -0.1) is 0 Å². The average Bonchev–Trinajstić information content (AvgIpc) is 3.02. The number of allylic oxidation sites excluding steroid dienone is 2. The standard InChI is InChI=1S/C36H68Br2O5/c1-3-5-23-35(42-29-21-17-13-9-7-11-15-19-27-37)25-31-39-33-41-34-40-32-26-36(24-6-4-2)43-30-22-18-14-10-8-12-16-20-28-38/h21-22,29-30,35-36H,3-20,23-28,31-34H2,1-2H3. The molecule has 0 radical (unpaired) electrons. The molecular formula is C36H68Br2O5. The average molecular weight is 741 g/mol. The van der Waals surface area contributed by atoms with Gasteiger partial charge in [0.05, 0.1) is 37.9 Å². The Labute approximate surface area is 283 Å². The molecule has 0 fully saturated rings. The highest BCUT2D eigenvalue weighted by molar-refractivity contribution is 9.09. The molecule has 7 heteroatoms. The number of ether oxygens (including phenoxy) is 5. The van der Waals surface area contributed by atoms with Gasteiger partial charge in [-0.25, -0.2) is 0 Å². The Hall–Kier alpha value is -0.0800. The minimum atomic E-state index is 0.208. The van der Waals surface area contributed by atoms with Crippen LogP contribution in [0.1, 0.15) is 155 Å². The van der Waals surface area contributed by atoms with Crippen molar-refractivity contribution in [2.75, 3.05) is 37.5 Å². The van der Waals surface area contributed by atoms with Crippen molar-refractivity contribution in [3.05, 3.63) is 24.7 Å². The molecule has 2 atom stereocenters. The summed E-state index contributed by atoms with van der Waals surface area (Å²) in [6, 6.07) is 0. The van der Waals surface area contributed by atoms with E-state index in [-0.39, 0.29) is 25.8 Å². The normalized spacial score (nSPS) is 13.3. The van der Waals surface area contributed by atoms with Crippen LogP contribution in [0.4, 0.5) is 0 Å². The molecule has 5 nitrogen and oxygen atoms in total. The lowest BCUT2D eigenvalue weighted by Crippen LogP contribution is -2.16. The van der Waals surface area contributed by atoms with Gasteiger partial charge in [0.25, 0.3) is 0 Å². The molecule has 0 saturated carbocycles. The first-order valence-electron chi connectivity index (χ1n) is 17.7. The van der Waals surface area contributed by atoms with Gasteiger partial charge in [0, 0.05) is 23.5 Å². The summed E-state index contributed by atoms with van der Waals surface area (Å²) in [6.07, 6.45) is 35.2. The molecular weight excluding hydrogens is 672 g/mol. The summed E-state index contributed by atoms with van der Waals surface area (Å²) in [4.78, 5) is 0. The van der Waals surface area contributed by atoms with E-state index in [0.717, 1.165) is 49.2 Å². The van der Waals surface area contributed by atoms with Crippen molar-refractivity contribution in [3.63, 3.8) is 0 Å². The van der Waals surface area contributed by atoms with Crippen LogP contribution in [0.15, 0.2) is 24.7 Å². The Balaban J connectivity index is 3.88. The van der Waals surface area contributed by atoms with Crippen LogP contribution in [0.3, 0.4) is 0 Å². The lowest BCUT2D eigenvalue weighted by Gasteiger charge is -2.17. The van der Waals surface area contributed by atoms with E-state index >= 15 is 0 Å². The van der Waals surface area contributed by atoms with Gasteiger partial charge >= 0.3 is 0 Å². The van der Waals surface area contributed by atoms with E-state index < -0.39 is 0 Å². The fraction of sp³-hybridized carbons (Fsp3) is 0.889. The Bertz CT molecular complexity index is 528. The van der Waals surface area contributed by atoms with Crippen molar-refractivity contribution in [1.82, 2.24) is 0 Å². The molecule has 0 aromatic rings. The van der Waals surface area contributed by atoms with Gasteiger partial charge in [-0.2, -0.15) is 0 Å². The van der Waals surface area contributed by atoms with Crippen LogP contribution in [0.25, 0.3) is 0 Å². The maximum atomic E-state index is 6.03. The fourth-order valence-corrected chi connectivity index (χ4v) is 5.51. The molecule has 2 unspecified atom stereocenters. The van der Waals surface area contributed by atoms with Crippen LogP contribution in [0, 0.1) is 0 Å². The van der Waals surface area contributed by atoms with Gasteiger partial charge in [-0.1, -0.05) is 123 Å². The van der Waals surface area contributed by atoms with Crippen LogP contribution in [-0.2, 0) is 23.7 Å². The van der Waals surface area contributed by atoms with E-state index in [9.17, 15) is 0 Å². The second-order valence-electron chi connectivity index (χ2n) is 11.6. The summed E-state index contributed by atoms with van der Waals surface area (Å²) < 4.78 is 29.0. The molecule has 0 rings (SSSR count). The first kappa shape index (κ1) is 42.9. The van der Waals surface area contributed by atoms with Gasteiger partial charge in [-0.05, 0) is 63.5 Å². The van der Waals surface area contributed by atoms with Crippen LogP contribution in [-0.4, -0.2) is 49.7 Å². The van der Waals surface area contributed by atoms with Crippen LogP contribution < -0.4 is 0 Å². The molecule has 0 aliphatic rings. The maximum absolute atomic E-state index is 6.03. The smallest absolute Gasteiger partial charge is 0.149 e. The number of alkyl halides is 2.